The van der Waals surface area contributed by atoms with Gasteiger partial charge in [0.1, 0.15) is 12.1 Å². The number of nitrogens with zero attached hydrogens (tertiary/aromatic N) is 1. The van der Waals surface area contributed by atoms with E-state index in [-0.39, 0.29) is 36.1 Å². The van der Waals surface area contributed by atoms with E-state index in [0.29, 0.717) is 12.8 Å². The van der Waals surface area contributed by atoms with Gasteiger partial charge in [0.05, 0.1) is 6.04 Å². The lowest BCUT2D eigenvalue weighted by Gasteiger charge is -2.40. The molecule has 41 heavy (non-hydrogen) atoms. The first kappa shape index (κ1) is 33.1. The minimum atomic E-state index is -5.45. The van der Waals surface area contributed by atoms with Gasteiger partial charge in [0.2, 0.25) is 11.8 Å². The molecular formula is C27H47N5O8S. The second-order valence-electron chi connectivity index (χ2n) is 14.7. The first-order chi connectivity index (χ1) is 18.4. The van der Waals surface area contributed by atoms with Crippen LogP contribution in [0.3, 0.4) is 0 Å². The summed E-state index contributed by atoms with van der Waals surface area (Å²) in [5.74, 6) is -3.39. The van der Waals surface area contributed by atoms with Crippen LogP contribution >= 0.6 is 0 Å². The Balaban J connectivity index is 1.94. The van der Waals surface area contributed by atoms with Gasteiger partial charge in [-0.25, -0.2) is 4.79 Å². The first-order valence-corrected chi connectivity index (χ1v) is 15.6. The van der Waals surface area contributed by atoms with Crippen LogP contribution in [-0.2, 0) is 24.5 Å². The maximum Gasteiger partial charge on any atom is 0.315 e. The number of urea groups is 1. The molecule has 1 saturated heterocycles. The van der Waals surface area contributed by atoms with Crippen molar-refractivity contribution in [2.45, 2.75) is 110 Å². The lowest BCUT2D eigenvalue weighted by molar-refractivity contribution is -0.145. The van der Waals surface area contributed by atoms with E-state index in [9.17, 15) is 37.3 Å². The molecule has 14 heteroatoms. The minimum Gasteiger partial charge on any atom is -0.366 e. The number of amides is 5. The van der Waals surface area contributed by atoms with Gasteiger partial charge in [0.15, 0.2) is 0 Å². The largest absolute Gasteiger partial charge is 0.366 e. The highest BCUT2D eigenvalue weighted by Gasteiger charge is 2.70. The molecule has 3 aliphatic rings. The summed E-state index contributed by atoms with van der Waals surface area (Å²) in [6, 6.07) is -4.36. The molecule has 13 nitrogen and oxygen atoms in total. The molecule has 2 aliphatic carbocycles. The zero-order valence-electron chi connectivity index (χ0n) is 25.3. The van der Waals surface area contributed by atoms with Crippen LogP contribution in [0.1, 0.15) is 81.1 Å². The van der Waals surface area contributed by atoms with E-state index in [1.165, 1.54) is 4.90 Å². The number of nitrogens with one attached hydrogen (secondary N) is 3. The Hall–Kier alpha value is -2.45. The van der Waals surface area contributed by atoms with Crippen LogP contribution in [0.25, 0.3) is 0 Å². The molecule has 0 aromatic rings. The Kier molecular flexibility index (Phi) is 8.61. The first-order valence-electron chi connectivity index (χ1n) is 14.1. The molecule has 2 saturated carbocycles. The SMILES string of the molecule is CC(C)(C)NC(=O)N[C@H](C(=O)N1CC2[C@@H]([C@H]1C(=O)NC(CC1CCC1)C(O)(C(N)=O)S(=O)(=O)O)C2(C)C)C(C)(C)C. The van der Waals surface area contributed by atoms with Gasteiger partial charge in [-0.15, -0.1) is 0 Å². The quantitative estimate of drug-likeness (QED) is 0.207. The predicted octanol–water partition coefficient (Wildman–Crippen LogP) is 0.719. The Morgan fingerprint density at radius 3 is 2.02 bits per heavy atom. The molecule has 0 aromatic carbocycles. The number of carbonyl (C=O) groups is 4. The van der Waals surface area contributed by atoms with Crippen LogP contribution < -0.4 is 21.7 Å². The van der Waals surface area contributed by atoms with Crippen LogP contribution in [0.4, 0.5) is 4.79 Å². The number of likely N-dealkylation sites (tertiary alicyclic amines) is 1. The van der Waals surface area contributed by atoms with Gasteiger partial charge < -0.3 is 31.7 Å². The van der Waals surface area contributed by atoms with Gasteiger partial charge in [-0.2, -0.15) is 8.42 Å². The van der Waals surface area contributed by atoms with Crippen molar-refractivity contribution in [3.05, 3.63) is 0 Å². The lowest BCUT2D eigenvalue weighted by atomic mass is 9.79. The summed E-state index contributed by atoms with van der Waals surface area (Å²) in [6.07, 6.45) is 2.13. The van der Waals surface area contributed by atoms with E-state index in [1.807, 2.05) is 13.8 Å². The summed E-state index contributed by atoms with van der Waals surface area (Å²) < 4.78 is 34.3. The number of fused-ring (bicyclic) bond motifs is 1. The molecule has 3 rings (SSSR count). The van der Waals surface area contributed by atoms with Crippen LogP contribution in [0.15, 0.2) is 0 Å². The standard InChI is InChI=1S/C27H47N5O8S/c1-24(2,3)19(30-23(36)31-25(4,5)6)21(34)32-13-15-17(26(15,7)8)18(32)20(33)29-16(12-14-10-9-11-14)27(37,22(28)35)41(38,39)40/h14-19,37H,9-13H2,1-8H3,(H2,28,35)(H,29,33)(H2,30,31,36)(H,38,39,40)/t15?,16?,17-,18-,19+,27?/m0/s1. The van der Waals surface area contributed by atoms with Crippen molar-refractivity contribution in [1.29, 1.82) is 0 Å². The Bertz CT molecular complexity index is 1190. The summed E-state index contributed by atoms with van der Waals surface area (Å²) in [4.78, 5) is 50.8. The number of hydrogen-bond acceptors (Lipinski definition) is 7. The minimum absolute atomic E-state index is 0.0344. The Morgan fingerprint density at radius 1 is 1.05 bits per heavy atom. The zero-order valence-corrected chi connectivity index (χ0v) is 26.1. The lowest BCUT2D eigenvalue weighted by Crippen LogP contribution is -2.67. The molecule has 5 amide bonds. The van der Waals surface area contributed by atoms with Gasteiger partial charge in [-0.1, -0.05) is 53.9 Å². The van der Waals surface area contributed by atoms with Crippen molar-refractivity contribution in [2.75, 3.05) is 6.54 Å². The van der Waals surface area contributed by atoms with Gasteiger partial charge in [0, 0.05) is 12.1 Å². The number of hydrogen-bond donors (Lipinski definition) is 6. The Labute approximate surface area is 242 Å². The molecule has 7 N–H and O–H groups in total. The second kappa shape index (κ2) is 10.7. The Morgan fingerprint density at radius 2 is 1.61 bits per heavy atom. The molecule has 1 aliphatic heterocycles. The van der Waals surface area contributed by atoms with E-state index in [1.54, 1.807) is 41.5 Å². The fourth-order valence-corrected chi connectivity index (χ4v) is 7.02. The molecule has 0 bridgehead atoms. The highest BCUT2D eigenvalue weighted by atomic mass is 32.2. The van der Waals surface area contributed by atoms with Crippen molar-refractivity contribution in [1.82, 2.24) is 20.9 Å². The molecule has 0 spiro atoms. The normalized spacial score (nSPS) is 27.0. The number of piperidine rings is 1. The monoisotopic (exact) mass is 601 g/mol. The number of primary amides is 1. The summed E-state index contributed by atoms with van der Waals surface area (Å²) >= 11 is 0. The van der Waals surface area contributed by atoms with E-state index in [2.05, 4.69) is 16.0 Å². The zero-order chi connectivity index (χ0) is 31.5. The molecular weight excluding hydrogens is 554 g/mol. The summed E-state index contributed by atoms with van der Waals surface area (Å²) in [5, 5.41) is 18.9. The highest BCUT2D eigenvalue weighted by molar-refractivity contribution is 7.88. The van der Waals surface area contributed by atoms with Crippen LogP contribution in [0.2, 0.25) is 0 Å². The van der Waals surface area contributed by atoms with E-state index >= 15 is 0 Å². The summed E-state index contributed by atoms with van der Waals surface area (Å²) in [7, 11) is -5.45. The van der Waals surface area contributed by atoms with Gasteiger partial charge >= 0.3 is 16.1 Å². The van der Waals surface area contributed by atoms with Gasteiger partial charge in [-0.05, 0) is 55.8 Å². The fourth-order valence-electron chi connectivity index (χ4n) is 6.25. The average molecular weight is 602 g/mol. The van der Waals surface area contributed by atoms with Crippen molar-refractivity contribution in [2.24, 2.45) is 34.3 Å². The maximum atomic E-state index is 14.0. The molecule has 3 unspecified atom stereocenters. The van der Waals surface area contributed by atoms with Crippen molar-refractivity contribution < 1.29 is 37.3 Å². The molecule has 0 radical (unpaired) electrons. The molecule has 1 heterocycles. The number of rotatable bonds is 9. The molecule has 3 fully saturated rings. The van der Waals surface area contributed by atoms with E-state index in [4.69, 9.17) is 5.73 Å². The van der Waals surface area contributed by atoms with E-state index in [0.717, 1.165) is 6.42 Å². The third kappa shape index (κ3) is 6.48. The van der Waals surface area contributed by atoms with Crippen molar-refractivity contribution in [3.8, 4) is 0 Å². The van der Waals surface area contributed by atoms with Crippen molar-refractivity contribution >= 4 is 33.9 Å². The molecule has 234 valence electrons. The maximum absolute atomic E-state index is 14.0. The third-order valence-electron chi connectivity index (χ3n) is 8.97. The number of nitrogens with two attached hydrogens (primary N) is 1. The fraction of sp³-hybridized carbons (Fsp3) is 0.852. The van der Waals surface area contributed by atoms with Crippen molar-refractivity contribution in [3.63, 3.8) is 0 Å². The van der Waals surface area contributed by atoms with Gasteiger partial charge in [-0.3, -0.25) is 18.9 Å². The number of carbonyl (C=O) groups excluding carboxylic acids is 4. The topological polar surface area (TPSA) is 208 Å². The smallest absolute Gasteiger partial charge is 0.315 e. The highest BCUT2D eigenvalue weighted by Crippen LogP contribution is 2.65. The van der Waals surface area contributed by atoms with Crippen LogP contribution in [0, 0.1) is 28.6 Å². The van der Waals surface area contributed by atoms with Crippen LogP contribution in [0.5, 0.6) is 0 Å². The van der Waals surface area contributed by atoms with Gasteiger partial charge in [0.25, 0.3) is 10.8 Å². The predicted molar refractivity (Wildman–Crippen MR) is 151 cm³/mol. The summed E-state index contributed by atoms with van der Waals surface area (Å²) in [6.45, 7) is 14.9. The summed E-state index contributed by atoms with van der Waals surface area (Å²) in [5.41, 5.74) is 3.66. The molecule has 0 aromatic heterocycles. The molecule has 6 atom stereocenters. The third-order valence-corrected chi connectivity index (χ3v) is 10.2. The second-order valence-corrected chi connectivity index (χ2v) is 16.2. The van der Waals surface area contributed by atoms with Crippen LogP contribution in [-0.4, -0.2) is 81.9 Å². The number of aliphatic hydroxyl groups is 1. The average Bonchev–Trinajstić information content (AvgIpc) is 3.10. The van der Waals surface area contributed by atoms with E-state index < -0.39 is 67.9 Å².